The number of likely N-dealkylation sites (tertiary alicyclic amines) is 1. The molecule has 1 fully saturated rings. The molecule has 3 heterocycles. The molecule has 1 aliphatic rings. The van der Waals surface area contributed by atoms with Crippen LogP contribution in [0.5, 0.6) is 0 Å². The van der Waals surface area contributed by atoms with Gasteiger partial charge >= 0.3 is 0 Å². The van der Waals surface area contributed by atoms with Crippen LogP contribution in [0.2, 0.25) is 0 Å². The number of nitrogens with two attached hydrogens (primary N) is 1. The number of nitrogens with zero attached hydrogens (tertiary/aromatic N) is 3. The van der Waals surface area contributed by atoms with Crippen molar-refractivity contribution in [1.29, 1.82) is 0 Å². The van der Waals surface area contributed by atoms with Gasteiger partial charge in [-0.25, -0.2) is 0 Å². The van der Waals surface area contributed by atoms with E-state index in [4.69, 9.17) is 5.73 Å². The van der Waals surface area contributed by atoms with E-state index in [9.17, 15) is 0 Å². The smallest absolute Gasteiger partial charge is 0.0576 e. The first-order valence-corrected chi connectivity index (χ1v) is 8.10. The zero-order chi connectivity index (χ0) is 13.9. The van der Waals surface area contributed by atoms with E-state index in [2.05, 4.69) is 28.3 Å². The van der Waals surface area contributed by atoms with Gasteiger partial charge in [-0.15, -0.1) is 11.3 Å². The molecule has 0 spiro atoms. The highest BCUT2D eigenvalue weighted by Gasteiger charge is 2.21. The van der Waals surface area contributed by atoms with Crippen LogP contribution in [0.15, 0.2) is 24.5 Å². The summed E-state index contributed by atoms with van der Waals surface area (Å²) in [6.07, 6.45) is 7.87. The lowest BCUT2D eigenvalue weighted by Crippen LogP contribution is -2.43. The van der Waals surface area contributed by atoms with Crippen molar-refractivity contribution in [3.05, 3.63) is 29.4 Å². The number of rotatable bonds is 4. The maximum Gasteiger partial charge on any atom is 0.0576 e. The Morgan fingerprint density at radius 3 is 3.05 bits per heavy atom. The van der Waals surface area contributed by atoms with Gasteiger partial charge in [-0.05, 0) is 31.5 Å². The van der Waals surface area contributed by atoms with Crippen molar-refractivity contribution in [3.8, 4) is 10.4 Å². The molecular formula is C15H22N4S. The molecular weight excluding hydrogens is 268 g/mol. The number of hydrogen-bond donors (Lipinski definition) is 1. The molecule has 1 atom stereocenters. The summed E-state index contributed by atoms with van der Waals surface area (Å²) in [5.74, 6) is 0. The molecule has 2 aromatic rings. The summed E-state index contributed by atoms with van der Waals surface area (Å²) in [6.45, 7) is 3.00. The van der Waals surface area contributed by atoms with Gasteiger partial charge < -0.3 is 5.73 Å². The molecule has 3 rings (SSSR count). The zero-order valence-corrected chi connectivity index (χ0v) is 12.8. The van der Waals surface area contributed by atoms with E-state index in [0.717, 1.165) is 13.1 Å². The van der Waals surface area contributed by atoms with E-state index >= 15 is 0 Å². The topological polar surface area (TPSA) is 47.1 Å². The van der Waals surface area contributed by atoms with Crippen molar-refractivity contribution < 1.29 is 0 Å². The maximum absolute atomic E-state index is 5.90. The Hall–Kier alpha value is -1.17. The summed E-state index contributed by atoms with van der Waals surface area (Å²) >= 11 is 1.87. The first-order chi connectivity index (χ1) is 9.76. The van der Waals surface area contributed by atoms with Crippen molar-refractivity contribution in [2.24, 2.45) is 12.8 Å². The molecule has 2 N–H and O–H groups in total. The molecule has 0 amide bonds. The van der Waals surface area contributed by atoms with Gasteiger partial charge in [-0.2, -0.15) is 5.10 Å². The third-order valence-electron chi connectivity index (χ3n) is 4.03. The average Bonchev–Trinajstić information content (AvgIpc) is 3.08. The molecule has 1 unspecified atom stereocenters. The van der Waals surface area contributed by atoms with E-state index < -0.39 is 0 Å². The SMILES string of the molecule is Cn1cc(-c2ccc(CN3CCCCC3CN)s2)cn1. The van der Waals surface area contributed by atoms with Crippen molar-refractivity contribution in [2.75, 3.05) is 13.1 Å². The summed E-state index contributed by atoms with van der Waals surface area (Å²) in [5.41, 5.74) is 7.10. The normalized spacial score (nSPS) is 20.4. The second-order valence-electron chi connectivity index (χ2n) is 5.52. The first-order valence-electron chi connectivity index (χ1n) is 7.28. The van der Waals surface area contributed by atoms with Gasteiger partial charge in [0, 0.05) is 47.7 Å². The van der Waals surface area contributed by atoms with Crippen LogP contribution in [-0.2, 0) is 13.6 Å². The molecule has 2 aromatic heterocycles. The number of aryl methyl sites for hydroxylation is 1. The third kappa shape index (κ3) is 2.95. The van der Waals surface area contributed by atoms with Crippen LogP contribution >= 0.6 is 11.3 Å². The summed E-state index contributed by atoms with van der Waals surface area (Å²) in [6, 6.07) is 5.01. The highest BCUT2D eigenvalue weighted by Crippen LogP contribution is 2.29. The van der Waals surface area contributed by atoms with Gasteiger partial charge in [0.1, 0.15) is 0 Å². The van der Waals surface area contributed by atoms with E-state index in [1.54, 1.807) is 0 Å². The second kappa shape index (κ2) is 6.08. The van der Waals surface area contributed by atoms with Crippen molar-refractivity contribution in [1.82, 2.24) is 14.7 Å². The van der Waals surface area contributed by atoms with E-state index in [0.29, 0.717) is 6.04 Å². The quantitative estimate of drug-likeness (QED) is 0.941. The number of piperidine rings is 1. The van der Waals surface area contributed by atoms with Crippen LogP contribution in [-0.4, -0.2) is 33.8 Å². The largest absolute Gasteiger partial charge is 0.329 e. The van der Waals surface area contributed by atoms with Crippen LogP contribution in [0, 0.1) is 0 Å². The molecule has 4 nitrogen and oxygen atoms in total. The first kappa shape index (κ1) is 13.8. The molecule has 0 bridgehead atoms. The van der Waals surface area contributed by atoms with Gasteiger partial charge in [-0.1, -0.05) is 6.42 Å². The average molecular weight is 290 g/mol. The Bertz CT molecular complexity index is 560. The lowest BCUT2D eigenvalue weighted by Gasteiger charge is -2.34. The Labute approximate surface area is 124 Å². The van der Waals surface area contributed by atoms with Crippen LogP contribution in [0.3, 0.4) is 0 Å². The summed E-state index contributed by atoms with van der Waals surface area (Å²) in [7, 11) is 1.96. The molecule has 0 aromatic carbocycles. The standard InChI is InChI=1S/C15H22N4S/c1-18-10-12(9-17-18)15-6-5-14(20-15)11-19-7-3-2-4-13(19)8-16/h5-6,9-10,13H,2-4,7-8,11,16H2,1H3. The van der Waals surface area contributed by atoms with Gasteiger partial charge in [0.2, 0.25) is 0 Å². The molecule has 0 radical (unpaired) electrons. The lowest BCUT2D eigenvalue weighted by molar-refractivity contribution is 0.146. The second-order valence-corrected chi connectivity index (χ2v) is 6.69. The van der Waals surface area contributed by atoms with Gasteiger partial charge in [0.15, 0.2) is 0 Å². The lowest BCUT2D eigenvalue weighted by atomic mass is 10.0. The summed E-state index contributed by atoms with van der Waals surface area (Å²) < 4.78 is 1.85. The minimum atomic E-state index is 0.563. The Kier molecular flexibility index (Phi) is 4.19. The van der Waals surface area contributed by atoms with Crippen molar-refractivity contribution in [2.45, 2.75) is 31.8 Å². The van der Waals surface area contributed by atoms with Crippen LogP contribution < -0.4 is 5.73 Å². The molecule has 20 heavy (non-hydrogen) atoms. The zero-order valence-electron chi connectivity index (χ0n) is 12.0. The minimum absolute atomic E-state index is 0.563. The van der Waals surface area contributed by atoms with Crippen molar-refractivity contribution >= 4 is 11.3 Å². The predicted molar refractivity (Wildman–Crippen MR) is 83.6 cm³/mol. The molecule has 1 aliphatic heterocycles. The van der Waals surface area contributed by atoms with Crippen molar-refractivity contribution in [3.63, 3.8) is 0 Å². The Balaban J connectivity index is 1.70. The van der Waals surface area contributed by atoms with Crippen LogP contribution in [0.25, 0.3) is 10.4 Å². The highest BCUT2D eigenvalue weighted by molar-refractivity contribution is 7.15. The van der Waals surface area contributed by atoms with E-state index in [1.807, 2.05) is 29.3 Å². The third-order valence-corrected chi connectivity index (χ3v) is 5.15. The monoisotopic (exact) mass is 290 g/mol. The minimum Gasteiger partial charge on any atom is -0.329 e. The van der Waals surface area contributed by atoms with Gasteiger partial charge in [0.05, 0.1) is 6.20 Å². The summed E-state index contributed by atoms with van der Waals surface area (Å²) in [4.78, 5) is 5.26. The van der Waals surface area contributed by atoms with Gasteiger partial charge in [0.25, 0.3) is 0 Å². The predicted octanol–water partition coefficient (Wildman–Crippen LogP) is 2.46. The summed E-state index contributed by atoms with van der Waals surface area (Å²) in [5, 5.41) is 4.24. The molecule has 108 valence electrons. The Morgan fingerprint density at radius 1 is 1.40 bits per heavy atom. The highest BCUT2D eigenvalue weighted by atomic mass is 32.1. The molecule has 5 heteroatoms. The number of hydrogen-bond acceptors (Lipinski definition) is 4. The molecule has 0 aliphatic carbocycles. The maximum atomic E-state index is 5.90. The fraction of sp³-hybridized carbons (Fsp3) is 0.533. The van der Waals surface area contributed by atoms with Crippen LogP contribution in [0.4, 0.5) is 0 Å². The fourth-order valence-electron chi connectivity index (χ4n) is 2.90. The Morgan fingerprint density at radius 2 is 2.30 bits per heavy atom. The molecule has 1 saturated heterocycles. The van der Waals surface area contributed by atoms with Crippen LogP contribution in [0.1, 0.15) is 24.1 Å². The number of aromatic nitrogens is 2. The van der Waals surface area contributed by atoms with E-state index in [-0.39, 0.29) is 0 Å². The molecule has 0 saturated carbocycles. The van der Waals surface area contributed by atoms with Gasteiger partial charge in [-0.3, -0.25) is 9.58 Å². The van der Waals surface area contributed by atoms with E-state index in [1.165, 1.54) is 41.1 Å². The number of thiophene rings is 1. The fourth-order valence-corrected chi connectivity index (χ4v) is 3.91.